The Bertz CT molecular complexity index is 606. The topological polar surface area (TPSA) is 97.5 Å². The number of carbonyl (C=O) groups is 3. The summed E-state index contributed by atoms with van der Waals surface area (Å²) in [6.07, 6.45) is 1.82. The van der Waals surface area contributed by atoms with E-state index in [4.69, 9.17) is 9.47 Å². The van der Waals surface area contributed by atoms with Gasteiger partial charge >= 0.3 is 11.9 Å². The number of aryl methyl sites for hydroxylation is 1. The molecule has 0 spiro atoms. The Hall–Kier alpha value is -2.31. The number of aromatic nitrogens is 1. The minimum Gasteiger partial charge on any atom is -0.462 e. The summed E-state index contributed by atoms with van der Waals surface area (Å²) in [5.74, 6) is -1.52. The smallest absolute Gasteiger partial charge is 0.355 e. The van der Waals surface area contributed by atoms with Gasteiger partial charge in [-0.1, -0.05) is 13.3 Å². The van der Waals surface area contributed by atoms with Crippen molar-refractivity contribution in [3.8, 4) is 0 Å². The van der Waals surface area contributed by atoms with Gasteiger partial charge in [-0.2, -0.15) is 0 Å². The Balaban J connectivity index is 2.71. The lowest BCUT2D eigenvalue weighted by atomic mass is 10.1. The highest BCUT2D eigenvalue weighted by Crippen LogP contribution is 2.19. The molecule has 0 aliphatic rings. The first kappa shape index (κ1) is 19.7. The number of amides is 1. The summed E-state index contributed by atoms with van der Waals surface area (Å²) in [6.45, 7) is 8.83. The number of hydrogen-bond donors (Lipinski definition) is 2. The van der Waals surface area contributed by atoms with Gasteiger partial charge in [0, 0.05) is 11.7 Å². The largest absolute Gasteiger partial charge is 0.462 e. The van der Waals surface area contributed by atoms with Crippen molar-refractivity contribution < 1.29 is 23.9 Å². The number of hydrogen-bond acceptors (Lipinski definition) is 5. The number of esters is 2. The first-order valence-corrected chi connectivity index (χ1v) is 8.14. The van der Waals surface area contributed by atoms with Gasteiger partial charge in [0.1, 0.15) is 5.69 Å². The van der Waals surface area contributed by atoms with Crippen LogP contribution < -0.4 is 5.32 Å². The van der Waals surface area contributed by atoms with Crippen molar-refractivity contribution in [2.45, 2.75) is 53.5 Å². The van der Waals surface area contributed by atoms with Gasteiger partial charge in [0.2, 0.25) is 0 Å². The van der Waals surface area contributed by atoms with Crippen molar-refractivity contribution in [3.05, 3.63) is 22.5 Å². The number of nitrogens with one attached hydrogen (secondary N) is 2. The van der Waals surface area contributed by atoms with E-state index in [0.29, 0.717) is 16.8 Å². The summed E-state index contributed by atoms with van der Waals surface area (Å²) in [7, 11) is 0. The van der Waals surface area contributed by atoms with Gasteiger partial charge in [0.25, 0.3) is 5.91 Å². The van der Waals surface area contributed by atoms with Gasteiger partial charge in [-0.25, -0.2) is 9.59 Å². The van der Waals surface area contributed by atoms with Gasteiger partial charge in [0.15, 0.2) is 6.61 Å². The van der Waals surface area contributed by atoms with E-state index in [1.165, 1.54) is 0 Å². The number of rotatable bonds is 8. The summed E-state index contributed by atoms with van der Waals surface area (Å²) in [4.78, 5) is 38.6. The van der Waals surface area contributed by atoms with Gasteiger partial charge < -0.3 is 19.8 Å². The molecule has 0 aliphatic heterocycles. The maximum absolute atomic E-state index is 12.1. The standard InChI is InChI=1S/C17H26N2O5/c1-6-8-10(3)18-13(20)9-24-17(22)15-11(4)14(12(5)19-15)16(21)23-7-2/h10,19H,6-9H2,1-5H3,(H,18,20). The molecule has 7 nitrogen and oxygen atoms in total. The Morgan fingerprint density at radius 3 is 2.38 bits per heavy atom. The van der Waals surface area contributed by atoms with Crippen LogP contribution in [-0.4, -0.2) is 42.1 Å². The van der Waals surface area contributed by atoms with Crippen LogP contribution in [0.1, 0.15) is 65.7 Å². The van der Waals surface area contributed by atoms with Crippen LogP contribution in [0.3, 0.4) is 0 Å². The lowest BCUT2D eigenvalue weighted by Gasteiger charge is -2.12. The molecule has 7 heteroatoms. The molecule has 0 radical (unpaired) electrons. The van der Waals surface area contributed by atoms with Crippen LogP contribution >= 0.6 is 0 Å². The van der Waals surface area contributed by atoms with Crippen molar-refractivity contribution in [3.63, 3.8) is 0 Å². The number of ether oxygens (including phenoxy) is 2. The van der Waals surface area contributed by atoms with E-state index in [1.807, 2.05) is 13.8 Å². The third kappa shape index (κ3) is 5.11. The van der Waals surface area contributed by atoms with Crippen molar-refractivity contribution in [1.29, 1.82) is 0 Å². The minimum absolute atomic E-state index is 0.0334. The molecule has 0 aromatic carbocycles. The lowest BCUT2D eigenvalue weighted by Crippen LogP contribution is -2.35. The van der Waals surface area contributed by atoms with Crippen molar-refractivity contribution in [2.75, 3.05) is 13.2 Å². The molecular weight excluding hydrogens is 312 g/mol. The second kappa shape index (κ2) is 9.10. The van der Waals surface area contributed by atoms with Crippen molar-refractivity contribution in [2.24, 2.45) is 0 Å². The van der Waals surface area contributed by atoms with Gasteiger partial charge in [0.05, 0.1) is 12.2 Å². The number of H-pyrrole nitrogens is 1. The average Bonchev–Trinajstić information content (AvgIpc) is 2.80. The van der Waals surface area contributed by atoms with E-state index in [1.54, 1.807) is 20.8 Å². The van der Waals surface area contributed by atoms with Gasteiger partial charge in [-0.05, 0) is 39.7 Å². The first-order chi connectivity index (χ1) is 11.3. The highest BCUT2D eigenvalue weighted by Gasteiger charge is 2.24. The van der Waals surface area contributed by atoms with Crippen molar-refractivity contribution in [1.82, 2.24) is 10.3 Å². The molecule has 0 fully saturated rings. The van der Waals surface area contributed by atoms with E-state index in [-0.39, 0.29) is 30.9 Å². The highest BCUT2D eigenvalue weighted by molar-refractivity contribution is 5.99. The molecule has 1 rings (SSSR count). The summed E-state index contributed by atoms with van der Waals surface area (Å²) >= 11 is 0. The fourth-order valence-electron chi connectivity index (χ4n) is 2.49. The molecule has 1 aromatic heterocycles. The maximum Gasteiger partial charge on any atom is 0.355 e. The van der Waals surface area contributed by atoms with E-state index >= 15 is 0 Å². The molecule has 0 saturated carbocycles. The average molecular weight is 338 g/mol. The highest BCUT2D eigenvalue weighted by atomic mass is 16.5. The quantitative estimate of drug-likeness (QED) is 0.709. The van der Waals surface area contributed by atoms with Gasteiger partial charge in [-0.15, -0.1) is 0 Å². The first-order valence-electron chi connectivity index (χ1n) is 8.14. The lowest BCUT2D eigenvalue weighted by molar-refractivity contribution is -0.124. The summed E-state index contributed by atoms with van der Waals surface area (Å²) in [6, 6.07) is 0.0334. The van der Waals surface area contributed by atoms with Crippen LogP contribution in [-0.2, 0) is 14.3 Å². The van der Waals surface area contributed by atoms with Crippen LogP contribution in [0.4, 0.5) is 0 Å². The van der Waals surface area contributed by atoms with Crippen LogP contribution in [0.2, 0.25) is 0 Å². The van der Waals surface area contributed by atoms with Crippen molar-refractivity contribution >= 4 is 17.8 Å². The second-order valence-electron chi connectivity index (χ2n) is 5.68. The van der Waals surface area contributed by atoms with E-state index in [9.17, 15) is 14.4 Å². The maximum atomic E-state index is 12.1. The molecule has 2 N–H and O–H groups in total. The summed E-state index contributed by atoms with van der Waals surface area (Å²) in [5, 5.41) is 2.75. The molecule has 24 heavy (non-hydrogen) atoms. The molecule has 1 unspecified atom stereocenters. The molecule has 134 valence electrons. The number of aromatic amines is 1. The molecule has 1 amide bonds. The fourth-order valence-corrected chi connectivity index (χ4v) is 2.49. The van der Waals surface area contributed by atoms with Crippen LogP contribution in [0, 0.1) is 13.8 Å². The molecule has 0 aliphatic carbocycles. The zero-order valence-corrected chi connectivity index (χ0v) is 14.9. The molecule has 1 aromatic rings. The SMILES string of the molecule is CCCC(C)NC(=O)COC(=O)c1[nH]c(C)c(C(=O)OCC)c1C. The molecule has 1 heterocycles. The summed E-state index contributed by atoms with van der Waals surface area (Å²) in [5.41, 5.74) is 1.46. The second-order valence-corrected chi connectivity index (χ2v) is 5.68. The number of carbonyl (C=O) groups excluding carboxylic acids is 3. The van der Waals surface area contributed by atoms with Crippen LogP contribution in [0.25, 0.3) is 0 Å². The normalized spacial score (nSPS) is 11.7. The predicted octanol–water partition coefficient (Wildman–Crippen LogP) is 2.27. The Kier molecular flexibility index (Phi) is 7.48. The van der Waals surface area contributed by atoms with E-state index < -0.39 is 11.9 Å². The van der Waals surface area contributed by atoms with Gasteiger partial charge in [-0.3, -0.25) is 4.79 Å². The molecule has 0 bridgehead atoms. The third-order valence-electron chi connectivity index (χ3n) is 3.58. The third-order valence-corrected chi connectivity index (χ3v) is 3.58. The zero-order chi connectivity index (χ0) is 18.3. The van der Waals surface area contributed by atoms with E-state index in [2.05, 4.69) is 10.3 Å². The Labute approximate surface area is 142 Å². The minimum atomic E-state index is -0.676. The molecule has 0 saturated heterocycles. The van der Waals surface area contributed by atoms with Crippen LogP contribution in [0.5, 0.6) is 0 Å². The Morgan fingerprint density at radius 2 is 1.79 bits per heavy atom. The van der Waals surface area contributed by atoms with Crippen LogP contribution in [0.15, 0.2) is 0 Å². The summed E-state index contributed by atoms with van der Waals surface area (Å²) < 4.78 is 10.00. The zero-order valence-electron chi connectivity index (χ0n) is 14.9. The molecule has 1 atom stereocenters. The monoisotopic (exact) mass is 338 g/mol. The van der Waals surface area contributed by atoms with E-state index in [0.717, 1.165) is 12.8 Å². The fraction of sp³-hybridized carbons (Fsp3) is 0.588. The Morgan fingerprint density at radius 1 is 1.12 bits per heavy atom. The molecular formula is C17H26N2O5. The predicted molar refractivity (Wildman–Crippen MR) is 89.0 cm³/mol.